The fraction of sp³-hybridized carbons (Fsp3) is 0.464. The molecule has 0 aromatic heterocycles. The van der Waals surface area contributed by atoms with E-state index in [0.29, 0.717) is 24.3 Å². The normalized spacial score (nSPS) is 11.7. The van der Waals surface area contributed by atoms with Crippen LogP contribution < -0.4 is 13.7 Å². The van der Waals surface area contributed by atoms with Crippen molar-refractivity contribution in [1.82, 2.24) is 0 Å². The summed E-state index contributed by atoms with van der Waals surface area (Å²) in [5, 5.41) is 9.23. The summed E-state index contributed by atoms with van der Waals surface area (Å²) in [6, 6.07) is 10.9. The second-order valence-electron chi connectivity index (χ2n) is 8.62. The van der Waals surface area contributed by atoms with E-state index in [9.17, 15) is 18.3 Å². The van der Waals surface area contributed by atoms with E-state index < -0.39 is 16.1 Å². The van der Waals surface area contributed by atoms with Crippen LogP contribution in [0.15, 0.2) is 42.2 Å². The Morgan fingerprint density at radius 2 is 1.68 bits per heavy atom. The largest absolute Gasteiger partial charge is 0.493 e. The van der Waals surface area contributed by atoms with Gasteiger partial charge in [0.05, 0.1) is 26.6 Å². The number of ether oxygens (including phenoxy) is 3. The summed E-state index contributed by atoms with van der Waals surface area (Å²) in [5.74, 6) is -0.0210. The molecule has 0 amide bonds. The van der Waals surface area contributed by atoms with Gasteiger partial charge in [0.25, 0.3) is 0 Å². The molecule has 0 bridgehead atoms. The van der Waals surface area contributed by atoms with Crippen LogP contribution in [0.3, 0.4) is 0 Å². The first kappa shape index (κ1) is 30.0. The highest BCUT2D eigenvalue weighted by Gasteiger charge is 2.16. The van der Waals surface area contributed by atoms with Crippen molar-refractivity contribution in [2.24, 2.45) is 0 Å². The highest BCUT2D eigenvalue weighted by molar-refractivity contribution is 7.87. The first-order chi connectivity index (χ1) is 17.7. The smallest absolute Gasteiger partial charge is 0.371 e. The molecule has 9 heteroatoms. The molecule has 0 radical (unpaired) electrons. The van der Waals surface area contributed by atoms with E-state index >= 15 is 0 Å². The van der Waals surface area contributed by atoms with E-state index in [2.05, 4.69) is 6.92 Å². The molecule has 0 unspecified atom stereocenters. The van der Waals surface area contributed by atoms with Crippen molar-refractivity contribution in [2.45, 2.75) is 58.8 Å². The number of carbonyl (C=O) groups is 1. The van der Waals surface area contributed by atoms with Crippen molar-refractivity contribution in [1.29, 1.82) is 0 Å². The minimum atomic E-state index is -3.67. The zero-order chi connectivity index (χ0) is 27.3. The van der Waals surface area contributed by atoms with Crippen LogP contribution in [-0.2, 0) is 32.5 Å². The van der Waals surface area contributed by atoms with Gasteiger partial charge >= 0.3 is 16.1 Å². The first-order valence-electron chi connectivity index (χ1n) is 12.6. The lowest BCUT2D eigenvalue weighted by Crippen LogP contribution is -2.14. The Balaban J connectivity index is 2.13. The summed E-state index contributed by atoms with van der Waals surface area (Å²) in [4.78, 5) is 11.3. The number of aryl methyl sites for hydroxylation is 2. The summed E-state index contributed by atoms with van der Waals surface area (Å²) >= 11 is 0. The molecule has 0 spiro atoms. The van der Waals surface area contributed by atoms with Crippen molar-refractivity contribution in [2.75, 3.05) is 26.6 Å². The molecule has 2 aromatic rings. The molecular formula is C28H38O8S. The van der Waals surface area contributed by atoms with Crippen molar-refractivity contribution >= 4 is 22.2 Å². The molecule has 2 aromatic carbocycles. The maximum Gasteiger partial charge on any atom is 0.371 e. The van der Waals surface area contributed by atoms with Crippen LogP contribution in [0.25, 0.3) is 6.08 Å². The van der Waals surface area contributed by atoms with Gasteiger partial charge in [-0.3, -0.25) is 0 Å². The van der Waals surface area contributed by atoms with Gasteiger partial charge < -0.3 is 23.5 Å². The van der Waals surface area contributed by atoms with Crippen molar-refractivity contribution in [3.05, 3.63) is 58.8 Å². The van der Waals surface area contributed by atoms with Crippen LogP contribution in [0.4, 0.5) is 0 Å². The van der Waals surface area contributed by atoms with Crippen LogP contribution in [0, 0.1) is 0 Å². The second-order valence-corrected chi connectivity index (χ2v) is 10.3. The summed E-state index contributed by atoms with van der Waals surface area (Å²) in [6.07, 6.45) is 6.99. The van der Waals surface area contributed by atoms with Crippen LogP contribution >= 0.6 is 0 Å². The molecule has 0 saturated heterocycles. The maximum atomic E-state index is 12.2. The number of carboxylic acids is 1. The minimum Gasteiger partial charge on any atom is -0.493 e. The van der Waals surface area contributed by atoms with Gasteiger partial charge in [-0.1, -0.05) is 44.9 Å². The molecule has 0 aliphatic carbocycles. The van der Waals surface area contributed by atoms with Crippen LogP contribution in [0.1, 0.15) is 62.6 Å². The van der Waals surface area contributed by atoms with Crippen LogP contribution in [0.2, 0.25) is 0 Å². The molecule has 0 saturated carbocycles. The van der Waals surface area contributed by atoms with Gasteiger partial charge in [0.2, 0.25) is 5.76 Å². The molecule has 1 N–H and O–H groups in total. The van der Waals surface area contributed by atoms with Gasteiger partial charge in [-0.2, -0.15) is 8.42 Å². The minimum absolute atomic E-state index is 0.0330. The number of hydrogen-bond donors (Lipinski definition) is 1. The van der Waals surface area contributed by atoms with E-state index in [0.717, 1.165) is 55.4 Å². The predicted octanol–water partition coefficient (Wildman–Crippen LogP) is 5.63. The third-order valence-electron chi connectivity index (χ3n) is 5.68. The Hall–Kier alpha value is -3.20. The molecular weight excluding hydrogens is 496 g/mol. The zero-order valence-corrected chi connectivity index (χ0v) is 22.9. The lowest BCUT2D eigenvalue weighted by Gasteiger charge is -2.14. The van der Waals surface area contributed by atoms with Gasteiger partial charge in [0.15, 0.2) is 11.5 Å². The summed E-state index contributed by atoms with van der Waals surface area (Å²) in [5.41, 5.74) is 2.70. The molecule has 0 fully saturated rings. The standard InChI is InChI=1S/C28H38O8S/c1-5-7-16-35-25-19-22(20-27(34-4)28(29)30)12-14-23(25)11-9-10-21-13-15-24(26(18-21)33-3)36-37(31,32)17-8-6-2/h12-15,18-20H,5-11,16-17H2,1-4H3,(H,29,30). The molecule has 2 rings (SSSR count). The molecule has 0 atom stereocenters. The quantitative estimate of drug-likeness (QED) is 0.120. The summed E-state index contributed by atoms with van der Waals surface area (Å²) < 4.78 is 45.9. The number of aliphatic carboxylic acids is 1. The number of benzene rings is 2. The third-order valence-corrected chi connectivity index (χ3v) is 6.90. The van der Waals surface area contributed by atoms with Crippen molar-refractivity contribution in [3.8, 4) is 17.2 Å². The topological polar surface area (TPSA) is 108 Å². The van der Waals surface area contributed by atoms with Gasteiger partial charge in [-0.05, 0) is 73.1 Å². The molecule has 0 aliphatic heterocycles. The SMILES string of the molecule is CCCCOc1cc(C=C(OC)C(=O)O)ccc1CCCc1ccc(OS(=O)(=O)CCCC)c(OC)c1. The first-order valence-corrected chi connectivity index (χ1v) is 14.1. The van der Waals surface area contributed by atoms with Gasteiger partial charge in [0, 0.05) is 0 Å². The Kier molecular flexibility index (Phi) is 12.3. The molecule has 204 valence electrons. The van der Waals surface area contributed by atoms with Crippen LogP contribution in [-0.4, -0.2) is 46.1 Å². The van der Waals surface area contributed by atoms with Gasteiger partial charge in [-0.25, -0.2) is 4.79 Å². The number of unbranched alkanes of at least 4 members (excludes halogenated alkanes) is 2. The Morgan fingerprint density at radius 3 is 2.32 bits per heavy atom. The summed E-state index contributed by atoms with van der Waals surface area (Å²) in [7, 11) is -0.854. The number of hydrogen-bond acceptors (Lipinski definition) is 7. The Labute approximate surface area is 220 Å². The van der Waals surface area contributed by atoms with E-state index in [1.807, 2.05) is 31.2 Å². The number of carboxylic acid groups (broad SMARTS) is 1. The maximum absolute atomic E-state index is 12.2. The fourth-order valence-corrected chi connectivity index (χ4v) is 4.74. The molecule has 0 heterocycles. The highest BCUT2D eigenvalue weighted by Crippen LogP contribution is 2.31. The van der Waals surface area contributed by atoms with Crippen molar-refractivity contribution in [3.63, 3.8) is 0 Å². The predicted molar refractivity (Wildman–Crippen MR) is 144 cm³/mol. The number of rotatable bonds is 17. The molecule has 8 nitrogen and oxygen atoms in total. The number of methoxy groups -OCH3 is 2. The zero-order valence-electron chi connectivity index (χ0n) is 22.1. The van der Waals surface area contributed by atoms with Gasteiger partial charge in [0.1, 0.15) is 5.75 Å². The van der Waals surface area contributed by atoms with E-state index in [-0.39, 0.29) is 17.3 Å². The fourth-order valence-electron chi connectivity index (χ4n) is 3.61. The molecule has 37 heavy (non-hydrogen) atoms. The average Bonchev–Trinajstić information content (AvgIpc) is 2.87. The third kappa shape index (κ3) is 9.99. The van der Waals surface area contributed by atoms with Crippen molar-refractivity contribution < 1.29 is 36.7 Å². The van der Waals surface area contributed by atoms with E-state index in [1.165, 1.54) is 20.3 Å². The lowest BCUT2D eigenvalue weighted by molar-refractivity contribution is -0.135. The highest BCUT2D eigenvalue weighted by atomic mass is 32.2. The molecule has 0 aliphatic rings. The Bertz CT molecular complexity index is 1150. The van der Waals surface area contributed by atoms with Crippen LogP contribution in [0.5, 0.6) is 17.2 Å². The second kappa shape index (κ2) is 15.1. The lowest BCUT2D eigenvalue weighted by atomic mass is 10.0. The average molecular weight is 535 g/mol. The monoisotopic (exact) mass is 534 g/mol. The van der Waals surface area contributed by atoms with E-state index in [4.69, 9.17) is 18.4 Å². The Morgan fingerprint density at radius 1 is 0.919 bits per heavy atom. The van der Waals surface area contributed by atoms with Gasteiger partial charge in [-0.15, -0.1) is 0 Å². The summed E-state index contributed by atoms with van der Waals surface area (Å²) in [6.45, 7) is 4.59. The van der Waals surface area contributed by atoms with E-state index in [1.54, 1.807) is 12.1 Å².